The van der Waals surface area contributed by atoms with Crippen molar-refractivity contribution in [1.29, 1.82) is 0 Å². The number of hydrogen-bond donors (Lipinski definition) is 1. The van der Waals surface area contributed by atoms with Crippen molar-refractivity contribution in [1.82, 2.24) is 0 Å². The molecule has 1 aromatic rings. The molecule has 0 aromatic heterocycles. The van der Waals surface area contributed by atoms with Crippen molar-refractivity contribution in [2.45, 2.75) is 52.4 Å². The Morgan fingerprint density at radius 2 is 1.17 bits per heavy atom. The normalized spacial score (nSPS) is 12.7. The van der Waals surface area contributed by atoms with Crippen LogP contribution < -0.4 is 4.90 Å². The molecule has 2 heteroatoms. The molecule has 1 rings (SSSR count). The van der Waals surface area contributed by atoms with Crippen LogP contribution in [0.15, 0.2) is 12.1 Å². The highest BCUT2D eigenvalue weighted by Gasteiger charge is 2.27. The molecule has 0 saturated carbocycles. The molecule has 0 heterocycles. The van der Waals surface area contributed by atoms with Crippen molar-refractivity contribution in [3.8, 4) is 5.75 Å². The predicted molar refractivity (Wildman–Crippen MR) is 79.8 cm³/mol. The molecule has 0 aliphatic carbocycles. The first kappa shape index (κ1) is 14.9. The van der Waals surface area contributed by atoms with Crippen LogP contribution in [0.2, 0.25) is 0 Å². The Labute approximate surface area is 112 Å². The zero-order valence-corrected chi connectivity index (χ0v) is 13.0. The Bertz CT molecular complexity index is 398. The van der Waals surface area contributed by atoms with Gasteiger partial charge in [0.2, 0.25) is 0 Å². The van der Waals surface area contributed by atoms with Crippen LogP contribution in [0.4, 0.5) is 5.69 Å². The summed E-state index contributed by atoms with van der Waals surface area (Å²) in [7, 11) is 4.13. The van der Waals surface area contributed by atoms with E-state index in [1.165, 1.54) is 16.8 Å². The van der Waals surface area contributed by atoms with Gasteiger partial charge in [0.15, 0.2) is 0 Å². The number of hydrogen-bond acceptors (Lipinski definition) is 2. The summed E-state index contributed by atoms with van der Waals surface area (Å²) >= 11 is 0. The van der Waals surface area contributed by atoms with E-state index in [0.717, 1.165) is 0 Å². The van der Waals surface area contributed by atoms with E-state index in [0.29, 0.717) is 5.75 Å². The molecule has 1 N–H and O–H groups in total. The van der Waals surface area contributed by atoms with E-state index in [1.807, 2.05) is 12.1 Å². The van der Waals surface area contributed by atoms with Gasteiger partial charge in [-0.1, -0.05) is 41.5 Å². The number of benzene rings is 1. The van der Waals surface area contributed by atoms with Crippen LogP contribution >= 0.6 is 0 Å². The highest BCUT2D eigenvalue weighted by atomic mass is 16.3. The van der Waals surface area contributed by atoms with Crippen LogP contribution in [-0.2, 0) is 10.8 Å². The third kappa shape index (κ3) is 2.98. The van der Waals surface area contributed by atoms with E-state index in [2.05, 4.69) is 60.5 Å². The van der Waals surface area contributed by atoms with E-state index >= 15 is 0 Å². The number of rotatable bonds is 1. The number of phenols is 1. The fourth-order valence-electron chi connectivity index (χ4n) is 2.24. The Balaban J connectivity index is 3.68. The molecule has 0 saturated heterocycles. The summed E-state index contributed by atoms with van der Waals surface area (Å²) in [5, 5.41) is 10.0. The van der Waals surface area contributed by atoms with Gasteiger partial charge in [0, 0.05) is 19.8 Å². The fourth-order valence-corrected chi connectivity index (χ4v) is 2.24. The van der Waals surface area contributed by atoms with E-state index in [4.69, 9.17) is 0 Å². The van der Waals surface area contributed by atoms with Gasteiger partial charge in [-0.25, -0.2) is 0 Å². The lowest BCUT2D eigenvalue weighted by Crippen LogP contribution is -2.24. The predicted octanol–water partition coefficient (Wildman–Crippen LogP) is 4.05. The van der Waals surface area contributed by atoms with E-state index < -0.39 is 0 Å². The molecule has 0 unspecified atom stereocenters. The Kier molecular flexibility index (Phi) is 3.71. The molecule has 2 nitrogen and oxygen atoms in total. The molecular formula is C16H27NO. The maximum atomic E-state index is 10.0. The lowest BCUT2D eigenvalue weighted by molar-refractivity contribution is 0.466. The van der Waals surface area contributed by atoms with Crippen molar-refractivity contribution in [2.75, 3.05) is 19.0 Å². The van der Waals surface area contributed by atoms with Gasteiger partial charge < -0.3 is 10.0 Å². The quantitative estimate of drug-likeness (QED) is 0.811. The third-order valence-electron chi connectivity index (χ3n) is 3.16. The molecule has 0 spiro atoms. The van der Waals surface area contributed by atoms with Crippen LogP contribution in [0, 0.1) is 0 Å². The zero-order valence-electron chi connectivity index (χ0n) is 13.0. The van der Waals surface area contributed by atoms with Crippen molar-refractivity contribution in [3.63, 3.8) is 0 Å². The highest BCUT2D eigenvalue weighted by molar-refractivity contribution is 5.65. The maximum Gasteiger partial charge on any atom is 0.116 e. The summed E-state index contributed by atoms with van der Waals surface area (Å²) in [6, 6.07) is 3.79. The molecule has 0 atom stereocenters. The molecule has 0 fully saturated rings. The van der Waals surface area contributed by atoms with Crippen molar-refractivity contribution in [3.05, 3.63) is 23.3 Å². The van der Waals surface area contributed by atoms with E-state index in [-0.39, 0.29) is 10.8 Å². The summed E-state index contributed by atoms with van der Waals surface area (Å²) < 4.78 is 0. The Morgan fingerprint density at radius 1 is 0.833 bits per heavy atom. The van der Waals surface area contributed by atoms with Gasteiger partial charge >= 0.3 is 0 Å². The molecule has 0 radical (unpaired) electrons. The molecular weight excluding hydrogens is 222 g/mol. The lowest BCUT2D eigenvalue weighted by atomic mass is 9.78. The fraction of sp³-hybridized carbons (Fsp3) is 0.625. The Morgan fingerprint density at radius 3 is 1.39 bits per heavy atom. The van der Waals surface area contributed by atoms with Crippen LogP contribution in [0.1, 0.15) is 52.7 Å². The Hall–Kier alpha value is -1.18. The van der Waals surface area contributed by atoms with Crippen molar-refractivity contribution in [2.24, 2.45) is 0 Å². The van der Waals surface area contributed by atoms with Crippen molar-refractivity contribution < 1.29 is 5.11 Å². The van der Waals surface area contributed by atoms with E-state index in [9.17, 15) is 5.11 Å². The second kappa shape index (κ2) is 4.49. The zero-order chi connectivity index (χ0) is 14.3. The van der Waals surface area contributed by atoms with Gasteiger partial charge in [0.25, 0.3) is 0 Å². The first-order valence-corrected chi connectivity index (χ1v) is 6.50. The number of nitrogens with zero attached hydrogens (tertiary/aromatic N) is 1. The summed E-state index contributed by atoms with van der Waals surface area (Å²) in [5.74, 6) is 0.357. The molecule has 0 aliphatic heterocycles. The van der Waals surface area contributed by atoms with Gasteiger partial charge in [0.1, 0.15) is 5.75 Å². The SMILES string of the molecule is CN(C)c1c(C(C)(C)C)cc(O)cc1C(C)(C)C. The van der Waals surface area contributed by atoms with Crippen LogP contribution in [0.3, 0.4) is 0 Å². The third-order valence-corrected chi connectivity index (χ3v) is 3.16. The lowest BCUT2D eigenvalue weighted by Gasteiger charge is -2.33. The molecule has 0 bridgehead atoms. The van der Waals surface area contributed by atoms with Crippen molar-refractivity contribution >= 4 is 5.69 Å². The topological polar surface area (TPSA) is 23.5 Å². The smallest absolute Gasteiger partial charge is 0.116 e. The molecule has 18 heavy (non-hydrogen) atoms. The van der Waals surface area contributed by atoms with Crippen LogP contribution in [0.25, 0.3) is 0 Å². The van der Waals surface area contributed by atoms with Crippen LogP contribution in [0.5, 0.6) is 5.75 Å². The number of phenolic OH excluding ortho intramolecular Hbond substituents is 1. The minimum atomic E-state index is 0.0122. The minimum Gasteiger partial charge on any atom is -0.508 e. The second-order valence-electron chi connectivity index (χ2n) is 7.28. The number of anilines is 1. The molecule has 102 valence electrons. The average molecular weight is 249 g/mol. The number of aromatic hydroxyl groups is 1. The van der Waals surface area contributed by atoms with Gasteiger partial charge in [-0.05, 0) is 34.1 Å². The van der Waals surface area contributed by atoms with Crippen LogP contribution in [-0.4, -0.2) is 19.2 Å². The average Bonchev–Trinajstić information content (AvgIpc) is 2.12. The monoisotopic (exact) mass is 249 g/mol. The highest BCUT2D eigenvalue weighted by Crippen LogP contribution is 2.41. The molecule has 0 amide bonds. The minimum absolute atomic E-state index is 0.0122. The largest absolute Gasteiger partial charge is 0.508 e. The van der Waals surface area contributed by atoms with Gasteiger partial charge in [-0.2, -0.15) is 0 Å². The second-order valence-corrected chi connectivity index (χ2v) is 7.28. The van der Waals surface area contributed by atoms with E-state index in [1.54, 1.807) is 0 Å². The van der Waals surface area contributed by atoms with Gasteiger partial charge in [-0.3, -0.25) is 0 Å². The first-order chi connectivity index (χ1) is 7.94. The van der Waals surface area contributed by atoms with Gasteiger partial charge in [-0.15, -0.1) is 0 Å². The summed E-state index contributed by atoms with van der Waals surface area (Å²) in [6.07, 6.45) is 0. The summed E-state index contributed by atoms with van der Waals surface area (Å²) in [4.78, 5) is 2.15. The summed E-state index contributed by atoms with van der Waals surface area (Å²) in [6.45, 7) is 13.1. The van der Waals surface area contributed by atoms with Gasteiger partial charge in [0.05, 0.1) is 0 Å². The summed E-state index contributed by atoms with van der Waals surface area (Å²) in [5.41, 5.74) is 3.64. The first-order valence-electron chi connectivity index (χ1n) is 6.50. The molecule has 0 aliphatic rings. The maximum absolute atomic E-state index is 10.0. The standard InChI is InChI=1S/C16H27NO/c1-15(2,3)12-9-11(18)10-13(16(4,5)6)14(12)17(7)8/h9-10,18H,1-8H3. The molecule has 1 aromatic carbocycles.